The van der Waals surface area contributed by atoms with Gasteiger partial charge in [-0.05, 0) is 59.5 Å². The highest BCUT2D eigenvalue weighted by atomic mass is 15.1. The van der Waals surface area contributed by atoms with Crippen LogP contribution in [0.5, 0.6) is 0 Å². The Balaban J connectivity index is 1.43. The van der Waals surface area contributed by atoms with E-state index in [9.17, 15) is 0 Å². The highest BCUT2D eigenvalue weighted by Gasteiger charge is 2.08. The summed E-state index contributed by atoms with van der Waals surface area (Å²) in [5.41, 5.74) is 11.6. The molecule has 2 N–H and O–H groups in total. The second-order valence-corrected chi connectivity index (χ2v) is 7.32. The van der Waals surface area contributed by atoms with Gasteiger partial charge in [0.25, 0.3) is 0 Å². The molecule has 0 amide bonds. The lowest BCUT2D eigenvalue weighted by atomic mass is 10.1. The van der Waals surface area contributed by atoms with Crippen molar-refractivity contribution in [1.82, 2.24) is 19.9 Å². The van der Waals surface area contributed by atoms with Crippen molar-refractivity contribution in [2.75, 3.05) is 12.3 Å². The summed E-state index contributed by atoms with van der Waals surface area (Å²) in [6.07, 6.45) is 8.37. The SMILES string of the molecule is Nc1cccc(-c2ccc(CCN(Cc3ccncc3)Cc3ccncc3)cc2)n1. The van der Waals surface area contributed by atoms with Gasteiger partial charge in [0.15, 0.2) is 0 Å². The van der Waals surface area contributed by atoms with Crippen molar-refractivity contribution in [3.05, 3.63) is 108 Å². The molecule has 5 heteroatoms. The summed E-state index contributed by atoms with van der Waals surface area (Å²) in [4.78, 5) is 15.1. The van der Waals surface area contributed by atoms with Gasteiger partial charge >= 0.3 is 0 Å². The Kier molecular flexibility index (Phi) is 6.42. The minimum absolute atomic E-state index is 0.541. The monoisotopic (exact) mass is 395 g/mol. The number of nitrogens with zero attached hydrogens (tertiary/aromatic N) is 4. The maximum atomic E-state index is 5.81. The average Bonchev–Trinajstić information content (AvgIpc) is 2.79. The first-order chi connectivity index (χ1) is 14.8. The first kappa shape index (κ1) is 19.7. The van der Waals surface area contributed by atoms with Crippen LogP contribution >= 0.6 is 0 Å². The number of hydrogen-bond acceptors (Lipinski definition) is 5. The molecule has 30 heavy (non-hydrogen) atoms. The fourth-order valence-corrected chi connectivity index (χ4v) is 3.45. The molecule has 0 saturated heterocycles. The van der Waals surface area contributed by atoms with Crippen LogP contribution in [0.25, 0.3) is 11.3 Å². The van der Waals surface area contributed by atoms with Crippen LogP contribution in [0.15, 0.2) is 91.5 Å². The van der Waals surface area contributed by atoms with Crippen molar-refractivity contribution < 1.29 is 0 Å². The standard InChI is InChI=1S/C25H25N5/c26-25-3-1-2-24(29-25)23-6-4-20(5-7-23)12-17-30(18-21-8-13-27-14-9-21)19-22-10-15-28-16-11-22/h1-11,13-16H,12,17-19H2,(H2,26,29). The molecule has 0 unspecified atom stereocenters. The minimum atomic E-state index is 0.541. The Labute approximate surface area is 177 Å². The Hall–Kier alpha value is -3.57. The number of hydrogen-bond donors (Lipinski definition) is 1. The van der Waals surface area contributed by atoms with Crippen molar-refractivity contribution in [2.24, 2.45) is 0 Å². The average molecular weight is 396 g/mol. The van der Waals surface area contributed by atoms with E-state index in [2.05, 4.69) is 68.4 Å². The van der Waals surface area contributed by atoms with Crippen LogP contribution in [0, 0.1) is 0 Å². The molecule has 0 radical (unpaired) electrons. The number of benzene rings is 1. The molecule has 0 bridgehead atoms. The molecule has 3 heterocycles. The molecular formula is C25H25N5. The summed E-state index contributed by atoms with van der Waals surface area (Å²) in [6.45, 7) is 2.73. The van der Waals surface area contributed by atoms with Crippen LogP contribution in [-0.2, 0) is 19.5 Å². The van der Waals surface area contributed by atoms with E-state index in [1.807, 2.05) is 36.9 Å². The van der Waals surface area contributed by atoms with E-state index in [-0.39, 0.29) is 0 Å². The molecule has 5 nitrogen and oxygen atoms in total. The number of rotatable bonds is 8. The molecule has 0 atom stereocenters. The van der Waals surface area contributed by atoms with E-state index in [4.69, 9.17) is 5.73 Å². The van der Waals surface area contributed by atoms with Crippen LogP contribution in [0.1, 0.15) is 16.7 Å². The molecular weight excluding hydrogens is 370 g/mol. The maximum Gasteiger partial charge on any atom is 0.124 e. The lowest BCUT2D eigenvalue weighted by Gasteiger charge is -2.22. The van der Waals surface area contributed by atoms with Gasteiger partial charge in [-0.25, -0.2) is 4.98 Å². The van der Waals surface area contributed by atoms with Gasteiger partial charge in [0.1, 0.15) is 5.82 Å². The molecule has 0 fully saturated rings. The van der Waals surface area contributed by atoms with Crippen molar-refractivity contribution in [3.63, 3.8) is 0 Å². The lowest BCUT2D eigenvalue weighted by molar-refractivity contribution is 0.260. The highest BCUT2D eigenvalue weighted by molar-refractivity contribution is 5.61. The molecule has 0 aliphatic rings. The number of aromatic nitrogens is 3. The van der Waals surface area contributed by atoms with Gasteiger partial charge in [0.05, 0.1) is 5.69 Å². The van der Waals surface area contributed by atoms with E-state index in [1.54, 1.807) is 6.07 Å². The first-order valence-corrected chi connectivity index (χ1v) is 10.1. The van der Waals surface area contributed by atoms with Gasteiger partial charge in [-0.2, -0.15) is 0 Å². The fourth-order valence-electron chi connectivity index (χ4n) is 3.45. The molecule has 0 aliphatic heterocycles. The van der Waals surface area contributed by atoms with E-state index in [0.717, 1.165) is 37.3 Å². The van der Waals surface area contributed by atoms with E-state index in [1.165, 1.54) is 16.7 Å². The third kappa shape index (κ3) is 5.49. The van der Waals surface area contributed by atoms with Crippen molar-refractivity contribution in [2.45, 2.75) is 19.5 Å². The molecule has 0 saturated carbocycles. The summed E-state index contributed by atoms with van der Waals surface area (Å²) >= 11 is 0. The third-order valence-electron chi connectivity index (χ3n) is 5.05. The van der Waals surface area contributed by atoms with E-state index < -0.39 is 0 Å². The number of pyridine rings is 3. The predicted molar refractivity (Wildman–Crippen MR) is 120 cm³/mol. The number of anilines is 1. The zero-order chi connectivity index (χ0) is 20.6. The van der Waals surface area contributed by atoms with Gasteiger partial charge in [0, 0.05) is 50.0 Å². The van der Waals surface area contributed by atoms with Crippen molar-refractivity contribution >= 4 is 5.82 Å². The van der Waals surface area contributed by atoms with Gasteiger partial charge < -0.3 is 5.73 Å². The van der Waals surface area contributed by atoms with Crippen molar-refractivity contribution in [1.29, 1.82) is 0 Å². The summed E-state index contributed by atoms with van der Waals surface area (Å²) < 4.78 is 0. The second-order valence-electron chi connectivity index (χ2n) is 7.32. The Morgan fingerprint density at radius 1 is 0.667 bits per heavy atom. The van der Waals surface area contributed by atoms with Crippen LogP contribution < -0.4 is 5.73 Å². The summed E-state index contributed by atoms with van der Waals surface area (Å²) in [5.74, 6) is 0.541. The quantitative estimate of drug-likeness (QED) is 0.480. The molecule has 4 aromatic rings. The smallest absolute Gasteiger partial charge is 0.124 e. The first-order valence-electron chi connectivity index (χ1n) is 10.1. The van der Waals surface area contributed by atoms with Crippen LogP contribution in [0.3, 0.4) is 0 Å². The zero-order valence-electron chi connectivity index (χ0n) is 16.9. The molecule has 1 aromatic carbocycles. The van der Waals surface area contributed by atoms with Gasteiger partial charge in [0.2, 0.25) is 0 Å². The van der Waals surface area contributed by atoms with Gasteiger partial charge in [-0.3, -0.25) is 14.9 Å². The Morgan fingerprint density at radius 3 is 1.83 bits per heavy atom. The van der Waals surface area contributed by atoms with Gasteiger partial charge in [-0.15, -0.1) is 0 Å². The predicted octanol–water partition coefficient (Wildman–Crippen LogP) is 4.37. The summed E-state index contributed by atoms with van der Waals surface area (Å²) in [6, 6.07) is 22.6. The third-order valence-corrected chi connectivity index (χ3v) is 5.05. The van der Waals surface area contributed by atoms with Crippen molar-refractivity contribution in [3.8, 4) is 11.3 Å². The zero-order valence-corrected chi connectivity index (χ0v) is 16.9. The van der Waals surface area contributed by atoms with Gasteiger partial charge in [-0.1, -0.05) is 30.3 Å². The Bertz CT molecular complexity index is 1010. The topological polar surface area (TPSA) is 67.9 Å². The van der Waals surface area contributed by atoms with Crippen LogP contribution in [0.2, 0.25) is 0 Å². The summed E-state index contributed by atoms with van der Waals surface area (Å²) in [7, 11) is 0. The minimum Gasteiger partial charge on any atom is -0.384 e. The highest BCUT2D eigenvalue weighted by Crippen LogP contribution is 2.19. The maximum absolute atomic E-state index is 5.81. The normalized spacial score (nSPS) is 11.0. The van der Waals surface area contributed by atoms with E-state index in [0.29, 0.717) is 5.82 Å². The molecule has 150 valence electrons. The Morgan fingerprint density at radius 2 is 1.27 bits per heavy atom. The second kappa shape index (κ2) is 9.76. The van der Waals surface area contributed by atoms with E-state index >= 15 is 0 Å². The fraction of sp³-hybridized carbons (Fsp3) is 0.160. The lowest BCUT2D eigenvalue weighted by Crippen LogP contribution is -2.25. The van der Waals surface area contributed by atoms with Crippen LogP contribution in [-0.4, -0.2) is 26.4 Å². The largest absolute Gasteiger partial charge is 0.384 e. The van der Waals surface area contributed by atoms with Crippen LogP contribution in [0.4, 0.5) is 5.82 Å². The number of nitrogens with two attached hydrogens (primary N) is 1. The summed E-state index contributed by atoms with van der Waals surface area (Å²) in [5, 5.41) is 0. The molecule has 4 rings (SSSR count). The molecule has 3 aromatic heterocycles. The molecule has 0 spiro atoms. The number of nitrogen functional groups attached to an aromatic ring is 1. The molecule has 0 aliphatic carbocycles.